The second-order valence-electron chi connectivity index (χ2n) is 8.50. The van der Waals surface area contributed by atoms with Crippen LogP contribution in [0.3, 0.4) is 0 Å². The number of carbonyl (C=O) groups is 2. The van der Waals surface area contributed by atoms with E-state index in [2.05, 4.69) is 15.6 Å². The summed E-state index contributed by atoms with van der Waals surface area (Å²) >= 11 is 1.49. The summed E-state index contributed by atoms with van der Waals surface area (Å²) in [5.41, 5.74) is 6.23. The molecule has 168 valence electrons. The normalized spacial score (nSPS) is 12.7. The van der Waals surface area contributed by atoms with E-state index in [1.54, 1.807) is 12.4 Å². The van der Waals surface area contributed by atoms with Crippen molar-refractivity contribution in [2.24, 2.45) is 0 Å². The van der Waals surface area contributed by atoms with E-state index in [0.717, 1.165) is 58.0 Å². The molecular weight excluding hydrogens is 434 g/mol. The van der Waals surface area contributed by atoms with Gasteiger partial charge in [-0.3, -0.25) is 14.6 Å². The second-order valence-corrected chi connectivity index (χ2v) is 9.61. The molecule has 2 N–H and O–H groups in total. The van der Waals surface area contributed by atoms with E-state index in [-0.39, 0.29) is 17.6 Å². The van der Waals surface area contributed by atoms with E-state index in [4.69, 9.17) is 4.42 Å². The number of nitrogens with one attached hydrogen (secondary N) is 2. The van der Waals surface area contributed by atoms with Gasteiger partial charge in [0.15, 0.2) is 5.76 Å². The Labute approximate surface area is 196 Å². The van der Waals surface area contributed by atoms with Crippen molar-refractivity contribution >= 4 is 39.1 Å². The molecule has 0 saturated heterocycles. The van der Waals surface area contributed by atoms with Crippen LogP contribution in [0.15, 0.2) is 41.1 Å². The Kier molecular flexibility index (Phi) is 5.50. The smallest absolute Gasteiger partial charge is 0.292 e. The molecule has 6 nitrogen and oxygen atoms in total. The quantitative estimate of drug-likeness (QED) is 0.414. The number of anilines is 1. The number of thiophene rings is 1. The van der Waals surface area contributed by atoms with Crippen LogP contribution >= 0.6 is 11.3 Å². The van der Waals surface area contributed by atoms with Crippen molar-refractivity contribution in [3.05, 3.63) is 80.7 Å². The van der Waals surface area contributed by atoms with Crippen LogP contribution in [-0.4, -0.2) is 16.8 Å². The minimum absolute atomic E-state index is 0.179. The predicted octanol–water partition coefficient (Wildman–Crippen LogP) is 5.49. The summed E-state index contributed by atoms with van der Waals surface area (Å²) in [6.45, 7) is 6.30. The maximum atomic E-state index is 13.2. The van der Waals surface area contributed by atoms with Crippen molar-refractivity contribution in [3.63, 3.8) is 0 Å². The minimum Gasteiger partial charge on any atom is -0.450 e. The number of amides is 2. The molecule has 1 aliphatic rings. The van der Waals surface area contributed by atoms with Crippen molar-refractivity contribution in [3.8, 4) is 0 Å². The first-order chi connectivity index (χ1) is 15.9. The molecule has 2 amide bonds. The lowest BCUT2D eigenvalue weighted by Crippen LogP contribution is -2.25. The van der Waals surface area contributed by atoms with Gasteiger partial charge in [-0.05, 0) is 68.4 Å². The fraction of sp³-hybridized carbons (Fsp3) is 0.269. The van der Waals surface area contributed by atoms with Gasteiger partial charge in [-0.15, -0.1) is 11.3 Å². The third-order valence-corrected chi connectivity index (χ3v) is 7.59. The van der Waals surface area contributed by atoms with Gasteiger partial charge in [0.1, 0.15) is 10.6 Å². The Bertz CT molecular complexity index is 1390. The number of fused-ring (bicyclic) bond motifs is 2. The highest BCUT2D eigenvalue weighted by atomic mass is 32.1. The maximum absolute atomic E-state index is 13.2. The molecule has 0 aliphatic heterocycles. The highest BCUT2D eigenvalue weighted by molar-refractivity contribution is 7.17. The van der Waals surface area contributed by atoms with E-state index in [1.165, 1.54) is 16.2 Å². The number of aryl methyl sites for hydroxylation is 4. The Balaban J connectivity index is 1.44. The number of rotatable bonds is 5. The van der Waals surface area contributed by atoms with Gasteiger partial charge < -0.3 is 15.1 Å². The lowest BCUT2D eigenvalue weighted by atomic mass is 10.0. The largest absolute Gasteiger partial charge is 0.450 e. The number of furan rings is 1. The first kappa shape index (κ1) is 21.4. The molecule has 0 fully saturated rings. The minimum atomic E-state index is -0.331. The number of nitrogens with zero attached hydrogens (tertiary/aromatic N) is 1. The fourth-order valence-electron chi connectivity index (χ4n) is 4.40. The first-order valence-corrected chi connectivity index (χ1v) is 11.9. The molecule has 0 spiro atoms. The summed E-state index contributed by atoms with van der Waals surface area (Å²) in [5.74, 6) is -0.225. The zero-order valence-corrected chi connectivity index (χ0v) is 19.7. The van der Waals surface area contributed by atoms with Crippen molar-refractivity contribution in [1.29, 1.82) is 0 Å². The Morgan fingerprint density at radius 3 is 2.73 bits per heavy atom. The van der Waals surface area contributed by atoms with Gasteiger partial charge in [0, 0.05) is 34.8 Å². The highest BCUT2D eigenvalue weighted by Gasteiger charge is 2.29. The van der Waals surface area contributed by atoms with Crippen LogP contribution in [0.2, 0.25) is 0 Å². The SMILES string of the molecule is Cc1ccc2c(C)c(C(=O)Nc3sc4c(c3C(=O)NCc3cccnc3)CCC4)oc2c1C. The summed E-state index contributed by atoms with van der Waals surface area (Å²) in [5, 5.41) is 7.49. The number of carbonyl (C=O) groups excluding carboxylic acids is 2. The molecule has 0 unspecified atom stereocenters. The number of hydrogen-bond acceptors (Lipinski definition) is 5. The van der Waals surface area contributed by atoms with E-state index in [1.807, 2.05) is 45.0 Å². The maximum Gasteiger partial charge on any atom is 0.292 e. The molecule has 5 rings (SSSR count). The van der Waals surface area contributed by atoms with Gasteiger partial charge in [0.05, 0.1) is 5.56 Å². The highest BCUT2D eigenvalue weighted by Crippen LogP contribution is 2.40. The van der Waals surface area contributed by atoms with Crippen LogP contribution in [0.1, 0.15) is 60.0 Å². The van der Waals surface area contributed by atoms with Crippen molar-refractivity contribution in [2.75, 3.05) is 5.32 Å². The zero-order chi connectivity index (χ0) is 23.1. The van der Waals surface area contributed by atoms with Gasteiger partial charge in [-0.2, -0.15) is 0 Å². The summed E-state index contributed by atoms with van der Waals surface area (Å²) in [6.07, 6.45) is 6.24. The Hall–Kier alpha value is -3.45. The molecule has 1 aromatic carbocycles. The summed E-state index contributed by atoms with van der Waals surface area (Å²) < 4.78 is 6.01. The van der Waals surface area contributed by atoms with Crippen LogP contribution in [-0.2, 0) is 19.4 Å². The molecule has 1 aliphatic carbocycles. The third-order valence-electron chi connectivity index (χ3n) is 6.38. The molecule has 4 aromatic rings. The first-order valence-electron chi connectivity index (χ1n) is 11.1. The number of pyridine rings is 1. The molecule has 0 atom stereocenters. The summed E-state index contributed by atoms with van der Waals surface area (Å²) in [4.78, 5) is 31.7. The molecule has 0 radical (unpaired) electrons. The molecule has 7 heteroatoms. The van der Waals surface area contributed by atoms with Crippen molar-refractivity contribution < 1.29 is 14.0 Å². The van der Waals surface area contributed by atoms with Crippen LogP contribution in [0.5, 0.6) is 0 Å². The Morgan fingerprint density at radius 1 is 1.09 bits per heavy atom. The van der Waals surface area contributed by atoms with Crippen LogP contribution in [0, 0.1) is 20.8 Å². The number of benzene rings is 1. The topological polar surface area (TPSA) is 84.2 Å². The second kappa shape index (κ2) is 8.48. The van der Waals surface area contributed by atoms with Gasteiger partial charge in [-0.1, -0.05) is 18.2 Å². The molecule has 3 aromatic heterocycles. The lowest BCUT2D eigenvalue weighted by molar-refractivity contribution is 0.0951. The van der Waals surface area contributed by atoms with Gasteiger partial charge in [-0.25, -0.2) is 0 Å². The number of aromatic nitrogens is 1. The summed E-state index contributed by atoms with van der Waals surface area (Å²) in [6, 6.07) is 7.79. The van der Waals surface area contributed by atoms with Gasteiger partial charge in [0.25, 0.3) is 11.8 Å². The van der Waals surface area contributed by atoms with E-state index >= 15 is 0 Å². The standard InChI is InChI=1S/C26H25N3O3S/c1-14-9-10-18-16(3)23(32-22(18)15(14)2)25(31)29-26-21(19-7-4-8-20(19)33-26)24(30)28-13-17-6-5-11-27-12-17/h5-6,9-12H,4,7-8,13H2,1-3H3,(H,28,30)(H,29,31). The van der Waals surface area contributed by atoms with Gasteiger partial charge >= 0.3 is 0 Å². The van der Waals surface area contributed by atoms with E-state index in [0.29, 0.717) is 17.1 Å². The fourth-order valence-corrected chi connectivity index (χ4v) is 5.68. The molecular formula is C26H25N3O3S. The molecule has 0 bridgehead atoms. The monoisotopic (exact) mass is 459 g/mol. The van der Waals surface area contributed by atoms with Crippen molar-refractivity contribution in [1.82, 2.24) is 10.3 Å². The molecule has 3 heterocycles. The summed E-state index contributed by atoms with van der Waals surface area (Å²) in [7, 11) is 0. The average Bonchev–Trinajstić information content (AvgIpc) is 3.49. The average molecular weight is 460 g/mol. The van der Waals surface area contributed by atoms with Crippen LogP contribution in [0.25, 0.3) is 11.0 Å². The van der Waals surface area contributed by atoms with E-state index in [9.17, 15) is 9.59 Å². The predicted molar refractivity (Wildman–Crippen MR) is 130 cm³/mol. The Morgan fingerprint density at radius 2 is 1.94 bits per heavy atom. The van der Waals surface area contributed by atoms with Crippen LogP contribution in [0.4, 0.5) is 5.00 Å². The van der Waals surface area contributed by atoms with Crippen LogP contribution < -0.4 is 10.6 Å². The third kappa shape index (κ3) is 3.82. The number of hydrogen-bond donors (Lipinski definition) is 2. The molecule has 33 heavy (non-hydrogen) atoms. The molecule has 0 saturated carbocycles. The zero-order valence-electron chi connectivity index (χ0n) is 18.9. The van der Waals surface area contributed by atoms with E-state index < -0.39 is 0 Å². The lowest BCUT2D eigenvalue weighted by Gasteiger charge is -2.09. The van der Waals surface area contributed by atoms with Gasteiger partial charge in [0.2, 0.25) is 0 Å². The van der Waals surface area contributed by atoms with Crippen molar-refractivity contribution in [2.45, 2.75) is 46.6 Å².